The molecule has 0 aliphatic heterocycles. The lowest BCUT2D eigenvalue weighted by Gasteiger charge is -2.20. The van der Waals surface area contributed by atoms with Gasteiger partial charge in [-0.15, -0.1) is 11.6 Å². The molecule has 0 saturated heterocycles. The van der Waals surface area contributed by atoms with Crippen molar-refractivity contribution in [2.24, 2.45) is 12.5 Å². The summed E-state index contributed by atoms with van der Waals surface area (Å²) in [6, 6.07) is 1.94. The maximum absolute atomic E-state index is 11.7. The molecule has 5 heteroatoms. The Kier molecular flexibility index (Phi) is 4.35. The van der Waals surface area contributed by atoms with E-state index >= 15 is 0 Å². The fraction of sp³-hybridized carbons (Fsp3) is 0.636. The predicted octanol–water partition coefficient (Wildman–Crippen LogP) is 1.34. The van der Waals surface area contributed by atoms with Crippen molar-refractivity contribution >= 4 is 17.5 Å². The second-order valence-corrected chi connectivity index (χ2v) is 4.74. The van der Waals surface area contributed by atoms with Gasteiger partial charge in [0.15, 0.2) is 0 Å². The molecule has 0 unspecified atom stereocenters. The molecule has 1 heterocycles. The van der Waals surface area contributed by atoms with Gasteiger partial charge in [-0.3, -0.25) is 9.48 Å². The van der Waals surface area contributed by atoms with Crippen molar-refractivity contribution in [2.45, 2.75) is 20.3 Å². The summed E-state index contributed by atoms with van der Waals surface area (Å²) in [5, 5.41) is 6.94. The van der Waals surface area contributed by atoms with E-state index in [1.54, 1.807) is 10.9 Å². The number of carbonyl (C=O) groups is 1. The average Bonchev–Trinajstić information content (AvgIpc) is 2.64. The third kappa shape index (κ3) is 3.23. The van der Waals surface area contributed by atoms with Crippen LogP contribution in [-0.2, 0) is 18.3 Å². The number of halogens is 1. The molecule has 0 saturated carbocycles. The van der Waals surface area contributed by atoms with E-state index in [2.05, 4.69) is 10.4 Å². The fourth-order valence-corrected chi connectivity index (χ4v) is 1.37. The molecule has 0 aliphatic carbocycles. The van der Waals surface area contributed by atoms with Crippen LogP contribution in [0.25, 0.3) is 0 Å². The van der Waals surface area contributed by atoms with Gasteiger partial charge in [0, 0.05) is 37.8 Å². The van der Waals surface area contributed by atoms with Crippen LogP contribution < -0.4 is 5.32 Å². The van der Waals surface area contributed by atoms with Crippen LogP contribution in [0.15, 0.2) is 12.3 Å². The van der Waals surface area contributed by atoms with E-state index in [0.29, 0.717) is 12.4 Å². The van der Waals surface area contributed by atoms with Crippen molar-refractivity contribution in [1.29, 1.82) is 0 Å². The first-order chi connectivity index (χ1) is 7.47. The molecule has 1 rings (SSSR count). The molecule has 0 radical (unpaired) electrons. The second kappa shape index (κ2) is 5.34. The van der Waals surface area contributed by atoms with Gasteiger partial charge in [-0.25, -0.2) is 0 Å². The van der Waals surface area contributed by atoms with E-state index in [-0.39, 0.29) is 5.91 Å². The monoisotopic (exact) mass is 243 g/mol. The Hall–Kier alpha value is -1.03. The third-order valence-corrected chi connectivity index (χ3v) is 3.21. The molecule has 1 aromatic heterocycles. The Balaban J connectivity index is 2.37. The molecule has 1 aromatic rings. The number of aryl methyl sites for hydroxylation is 1. The summed E-state index contributed by atoms with van der Waals surface area (Å²) < 4.78 is 1.80. The largest absolute Gasteiger partial charge is 0.355 e. The maximum atomic E-state index is 11.7. The summed E-state index contributed by atoms with van der Waals surface area (Å²) in [6.07, 6.45) is 2.53. The summed E-state index contributed by atoms with van der Waals surface area (Å²) in [5.74, 6) is 0.314. The quantitative estimate of drug-likeness (QED) is 0.794. The first-order valence-corrected chi connectivity index (χ1v) is 5.82. The van der Waals surface area contributed by atoms with E-state index in [1.807, 2.05) is 27.0 Å². The van der Waals surface area contributed by atoms with Crippen molar-refractivity contribution in [3.63, 3.8) is 0 Å². The molecule has 0 atom stereocenters. The molecule has 1 amide bonds. The molecule has 90 valence electrons. The molecule has 0 fully saturated rings. The number of alkyl halides is 1. The molecular weight excluding hydrogens is 226 g/mol. The predicted molar refractivity (Wildman–Crippen MR) is 64.4 cm³/mol. The summed E-state index contributed by atoms with van der Waals surface area (Å²) in [6.45, 7) is 4.28. The third-order valence-electron chi connectivity index (χ3n) is 2.54. The lowest BCUT2D eigenvalue weighted by Crippen LogP contribution is -2.39. The zero-order valence-corrected chi connectivity index (χ0v) is 10.7. The highest BCUT2D eigenvalue weighted by Crippen LogP contribution is 2.16. The summed E-state index contributed by atoms with van der Waals surface area (Å²) in [4.78, 5) is 11.7. The van der Waals surface area contributed by atoms with E-state index in [1.165, 1.54) is 0 Å². The highest BCUT2D eigenvalue weighted by Gasteiger charge is 2.25. The topological polar surface area (TPSA) is 46.9 Å². The number of rotatable bonds is 5. The van der Waals surface area contributed by atoms with Gasteiger partial charge in [-0.1, -0.05) is 0 Å². The standard InChI is InChI=1S/C11H18ClN3O/c1-11(2,8-12)10(16)13-6-4-9-5-7-14-15(9)3/h5,7H,4,6,8H2,1-3H3,(H,13,16). The van der Waals surface area contributed by atoms with Gasteiger partial charge < -0.3 is 5.32 Å². The molecule has 0 aliphatic rings. The van der Waals surface area contributed by atoms with E-state index in [4.69, 9.17) is 11.6 Å². The minimum atomic E-state index is -0.506. The summed E-state index contributed by atoms with van der Waals surface area (Å²) in [5.41, 5.74) is 0.595. The lowest BCUT2D eigenvalue weighted by molar-refractivity contribution is -0.128. The Morgan fingerprint density at radius 3 is 2.81 bits per heavy atom. The Bertz CT molecular complexity index is 360. The molecule has 4 nitrogen and oxygen atoms in total. The van der Waals surface area contributed by atoms with Crippen molar-refractivity contribution in [1.82, 2.24) is 15.1 Å². The number of carbonyl (C=O) groups excluding carboxylic acids is 1. The van der Waals surface area contributed by atoms with Gasteiger partial charge in [-0.05, 0) is 19.9 Å². The van der Waals surface area contributed by atoms with Gasteiger partial charge in [0.05, 0.1) is 5.41 Å². The smallest absolute Gasteiger partial charge is 0.226 e. The van der Waals surface area contributed by atoms with Crippen LogP contribution in [0.1, 0.15) is 19.5 Å². The number of aromatic nitrogens is 2. The van der Waals surface area contributed by atoms with E-state index in [0.717, 1.165) is 12.1 Å². The van der Waals surface area contributed by atoms with Gasteiger partial charge >= 0.3 is 0 Å². The molecule has 0 spiro atoms. The van der Waals surface area contributed by atoms with Crippen LogP contribution >= 0.6 is 11.6 Å². The van der Waals surface area contributed by atoms with Crippen LogP contribution in [0.4, 0.5) is 0 Å². The summed E-state index contributed by atoms with van der Waals surface area (Å²) >= 11 is 5.72. The van der Waals surface area contributed by atoms with Crippen LogP contribution in [0.2, 0.25) is 0 Å². The minimum absolute atomic E-state index is 0.00957. The normalized spacial score (nSPS) is 11.5. The Morgan fingerprint density at radius 1 is 1.62 bits per heavy atom. The van der Waals surface area contributed by atoms with Gasteiger partial charge in [0.2, 0.25) is 5.91 Å². The maximum Gasteiger partial charge on any atom is 0.226 e. The lowest BCUT2D eigenvalue weighted by atomic mass is 9.95. The van der Waals surface area contributed by atoms with Gasteiger partial charge in [0.25, 0.3) is 0 Å². The number of nitrogens with one attached hydrogen (secondary N) is 1. The highest BCUT2D eigenvalue weighted by atomic mass is 35.5. The van der Waals surface area contributed by atoms with Crippen molar-refractivity contribution in [3.8, 4) is 0 Å². The SMILES string of the molecule is Cn1nccc1CCNC(=O)C(C)(C)CCl. The van der Waals surface area contributed by atoms with Crippen molar-refractivity contribution in [3.05, 3.63) is 18.0 Å². The van der Waals surface area contributed by atoms with E-state index < -0.39 is 5.41 Å². The van der Waals surface area contributed by atoms with Crippen molar-refractivity contribution < 1.29 is 4.79 Å². The van der Waals surface area contributed by atoms with Crippen LogP contribution in [0, 0.1) is 5.41 Å². The number of hydrogen-bond donors (Lipinski definition) is 1. The molecule has 16 heavy (non-hydrogen) atoms. The molecule has 1 N–H and O–H groups in total. The number of amides is 1. The Morgan fingerprint density at radius 2 is 2.31 bits per heavy atom. The second-order valence-electron chi connectivity index (χ2n) is 4.47. The molecule has 0 aromatic carbocycles. The van der Waals surface area contributed by atoms with Gasteiger partial charge in [-0.2, -0.15) is 5.10 Å². The van der Waals surface area contributed by atoms with Crippen molar-refractivity contribution in [2.75, 3.05) is 12.4 Å². The van der Waals surface area contributed by atoms with Crippen LogP contribution in [0.3, 0.4) is 0 Å². The first kappa shape index (κ1) is 13.0. The Labute approximate surface area is 101 Å². The van der Waals surface area contributed by atoms with E-state index in [9.17, 15) is 4.79 Å². The van der Waals surface area contributed by atoms with Gasteiger partial charge in [0.1, 0.15) is 0 Å². The molecule has 0 bridgehead atoms. The first-order valence-electron chi connectivity index (χ1n) is 5.28. The van der Waals surface area contributed by atoms with Crippen LogP contribution in [0.5, 0.6) is 0 Å². The minimum Gasteiger partial charge on any atom is -0.355 e. The zero-order chi connectivity index (χ0) is 12.2. The fourth-order valence-electron chi connectivity index (χ4n) is 1.25. The average molecular weight is 244 g/mol. The highest BCUT2D eigenvalue weighted by molar-refractivity contribution is 6.19. The summed E-state index contributed by atoms with van der Waals surface area (Å²) in [7, 11) is 1.89. The molecular formula is C11H18ClN3O. The van der Waals surface area contributed by atoms with Crippen LogP contribution in [-0.4, -0.2) is 28.1 Å². The number of nitrogens with zero attached hydrogens (tertiary/aromatic N) is 2. The number of hydrogen-bond acceptors (Lipinski definition) is 2. The zero-order valence-electron chi connectivity index (χ0n) is 9.96.